The Balaban J connectivity index is 2.05. The molecule has 21 heavy (non-hydrogen) atoms. The fraction of sp³-hybridized carbons (Fsp3) is 0.533. The van der Waals surface area contributed by atoms with E-state index in [4.69, 9.17) is 0 Å². The molecule has 6 heteroatoms. The molecule has 1 saturated heterocycles. The van der Waals surface area contributed by atoms with Crippen molar-refractivity contribution in [2.45, 2.75) is 25.8 Å². The normalized spacial score (nSPS) is 17.2. The number of nitro benzene ring substituents is 1. The smallest absolute Gasteiger partial charge is 0.292 e. The number of benzene rings is 1. The van der Waals surface area contributed by atoms with Gasteiger partial charge in [-0.1, -0.05) is 25.5 Å². The molecule has 0 amide bonds. The molecule has 0 saturated carbocycles. The van der Waals surface area contributed by atoms with Gasteiger partial charge in [-0.25, -0.2) is 0 Å². The van der Waals surface area contributed by atoms with Crippen molar-refractivity contribution in [2.75, 3.05) is 31.1 Å². The number of rotatable bonds is 5. The number of hydrogen-bond donors (Lipinski definition) is 0. The van der Waals surface area contributed by atoms with Gasteiger partial charge in [0.15, 0.2) is 0 Å². The summed E-state index contributed by atoms with van der Waals surface area (Å²) in [6.45, 7) is 5.04. The second-order valence-electron chi connectivity index (χ2n) is 5.20. The molecule has 0 N–H and O–H groups in total. The minimum Gasteiger partial charge on any atom is -0.363 e. The van der Waals surface area contributed by atoms with E-state index in [0.717, 1.165) is 25.9 Å². The molecule has 1 fully saturated rings. The Bertz CT molecular complexity index is 533. The first-order chi connectivity index (χ1) is 10.2. The summed E-state index contributed by atoms with van der Waals surface area (Å²) in [5.74, 6) is 0. The number of anilines is 1. The highest BCUT2D eigenvalue weighted by molar-refractivity contribution is 5.63. The third-order valence-corrected chi connectivity index (χ3v) is 3.89. The highest BCUT2D eigenvalue weighted by Crippen LogP contribution is 2.28. The van der Waals surface area contributed by atoms with Crippen LogP contribution in [0.2, 0.25) is 0 Å². The number of para-hydroxylation sites is 2. The predicted molar refractivity (Wildman–Crippen MR) is 81.2 cm³/mol. The second kappa shape index (κ2) is 7.04. The molecule has 1 aliphatic heterocycles. The topological polar surface area (TPSA) is 73.4 Å². The molecular weight excluding hydrogens is 268 g/mol. The number of piperazine rings is 1. The summed E-state index contributed by atoms with van der Waals surface area (Å²) in [6, 6.07) is 9.16. The SMILES string of the molecule is CCCC(C#N)N1CCN(c2ccccc2[N+](=O)[O-])CC1. The number of hydrogen-bond acceptors (Lipinski definition) is 5. The van der Waals surface area contributed by atoms with Gasteiger partial charge in [-0.2, -0.15) is 5.26 Å². The van der Waals surface area contributed by atoms with Gasteiger partial charge in [0.05, 0.1) is 17.0 Å². The lowest BCUT2D eigenvalue weighted by atomic mass is 10.1. The second-order valence-corrected chi connectivity index (χ2v) is 5.20. The molecule has 1 aromatic carbocycles. The largest absolute Gasteiger partial charge is 0.363 e. The first kappa shape index (κ1) is 15.3. The molecule has 0 spiro atoms. The van der Waals surface area contributed by atoms with E-state index < -0.39 is 0 Å². The van der Waals surface area contributed by atoms with Crippen LogP contribution in [0.1, 0.15) is 19.8 Å². The maximum absolute atomic E-state index is 11.1. The Morgan fingerprint density at radius 2 is 2.00 bits per heavy atom. The summed E-state index contributed by atoms with van der Waals surface area (Å²) in [7, 11) is 0. The molecule has 1 unspecified atom stereocenters. The molecule has 0 aliphatic carbocycles. The summed E-state index contributed by atoms with van der Waals surface area (Å²) < 4.78 is 0. The summed E-state index contributed by atoms with van der Waals surface area (Å²) in [5, 5.41) is 20.3. The molecule has 0 bridgehead atoms. The molecule has 1 aromatic rings. The van der Waals surface area contributed by atoms with Gasteiger partial charge in [-0.05, 0) is 12.5 Å². The van der Waals surface area contributed by atoms with Crippen LogP contribution < -0.4 is 4.90 Å². The Morgan fingerprint density at radius 1 is 1.33 bits per heavy atom. The van der Waals surface area contributed by atoms with E-state index in [1.165, 1.54) is 6.07 Å². The molecule has 0 aromatic heterocycles. The van der Waals surface area contributed by atoms with Gasteiger partial charge in [-0.3, -0.25) is 15.0 Å². The lowest BCUT2D eigenvalue weighted by Gasteiger charge is -2.37. The van der Waals surface area contributed by atoms with E-state index in [9.17, 15) is 15.4 Å². The van der Waals surface area contributed by atoms with Crippen LogP contribution in [0.4, 0.5) is 11.4 Å². The van der Waals surface area contributed by atoms with Crippen LogP contribution in [0.3, 0.4) is 0 Å². The molecule has 1 aliphatic rings. The molecule has 1 heterocycles. The van der Waals surface area contributed by atoms with Crippen LogP contribution in [-0.2, 0) is 0 Å². The summed E-state index contributed by atoms with van der Waals surface area (Å²) in [4.78, 5) is 15.0. The highest BCUT2D eigenvalue weighted by atomic mass is 16.6. The van der Waals surface area contributed by atoms with E-state index in [1.54, 1.807) is 12.1 Å². The van der Waals surface area contributed by atoms with Crippen molar-refractivity contribution >= 4 is 11.4 Å². The standard InChI is InChI=1S/C15H20N4O2/c1-2-5-13(12-16)17-8-10-18(11-9-17)14-6-3-4-7-15(14)19(20)21/h3-4,6-7,13H,2,5,8-11H2,1H3. The van der Waals surface area contributed by atoms with Crippen LogP contribution >= 0.6 is 0 Å². The number of nitriles is 1. The van der Waals surface area contributed by atoms with E-state index >= 15 is 0 Å². The minimum atomic E-state index is -0.336. The van der Waals surface area contributed by atoms with Gasteiger partial charge >= 0.3 is 0 Å². The van der Waals surface area contributed by atoms with Crippen molar-refractivity contribution in [3.63, 3.8) is 0 Å². The quantitative estimate of drug-likeness (QED) is 0.614. The van der Waals surface area contributed by atoms with Crippen LogP contribution in [0, 0.1) is 21.4 Å². The predicted octanol–water partition coefficient (Wildman–Crippen LogP) is 2.41. The molecule has 6 nitrogen and oxygen atoms in total. The third kappa shape index (κ3) is 3.50. The zero-order chi connectivity index (χ0) is 15.2. The Labute approximate surface area is 124 Å². The molecule has 1 atom stereocenters. The third-order valence-electron chi connectivity index (χ3n) is 3.89. The first-order valence-electron chi connectivity index (χ1n) is 7.29. The van der Waals surface area contributed by atoms with E-state index in [-0.39, 0.29) is 16.7 Å². The minimum absolute atomic E-state index is 0.0390. The maximum Gasteiger partial charge on any atom is 0.292 e. The Hall–Kier alpha value is -2.13. The fourth-order valence-corrected chi connectivity index (χ4v) is 2.76. The van der Waals surface area contributed by atoms with Crippen LogP contribution in [0.15, 0.2) is 24.3 Å². The zero-order valence-electron chi connectivity index (χ0n) is 12.2. The van der Waals surface area contributed by atoms with Crippen molar-refractivity contribution in [2.24, 2.45) is 0 Å². The van der Waals surface area contributed by atoms with Crippen molar-refractivity contribution in [3.8, 4) is 6.07 Å². The van der Waals surface area contributed by atoms with Gasteiger partial charge in [0.25, 0.3) is 5.69 Å². The monoisotopic (exact) mass is 288 g/mol. The van der Waals surface area contributed by atoms with E-state index in [0.29, 0.717) is 18.8 Å². The van der Waals surface area contributed by atoms with Crippen molar-refractivity contribution in [1.29, 1.82) is 5.26 Å². The van der Waals surface area contributed by atoms with Crippen molar-refractivity contribution in [1.82, 2.24) is 4.90 Å². The molecule has 0 radical (unpaired) electrons. The van der Waals surface area contributed by atoms with Crippen molar-refractivity contribution in [3.05, 3.63) is 34.4 Å². The average Bonchev–Trinajstić information content (AvgIpc) is 2.53. The highest BCUT2D eigenvalue weighted by Gasteiger charge is 2.26. The van der Waals surface area contributed by atoms with Crippen LogP contribution in [0.5, 0.6) is 0 Å². The lowest BCUT2D eigenvalue weighted by Crippen LogP contribution is -2.50. The lowest BCUT2D eigenvalue weighted by molar-refractivity contribution is -0.384. The van der Waals surface area contributed by atoms with Crippen LogP contribution in [0.25, 0.3) is 0 Å². The van der Waals surface area contributed by atoms with Gasteiger partial charge in [0.1, 0.15) is 5.69 Å². The Kier molecular flexibility index (Phi) is 5.12. The van der Waals surface area contributed by atoms with Crippen LogP contribution in [-0.4, -0.2) is 42.0 Å². The maximum atomic E-state index is 11.1. The van der Waals surface area contributed by atoms with E-state index in [1.807, 2.05) is 11.0 Å². The van der Waals surface area contributed by atoms with Gasteiger partial charge < -0.3 is 4.90 Å². The van der Waals surface area contributed by atoms with Crippen molar-refractivity contribution < 1.29 is 4.92 Å². The number of nitro groups is 1. The summed E-state index contributed by atoms with van der Waals surface area (Å²) in [6.07, 6.45) is 1.87. The van der Waals surface area contributed by atoms with E-state index in [2.05, 4.69) is 17.9 Å². The summed E-state index contributed by atoms with van der Waals surface area (Å²) >= 11 is 0. The first-order valence-corrected chi connectivity index (χ1v) is 7.29. The molecular formula is C15H20N4O2. The molecule has 112 valence electrons. The van der Waals surface area contributed by atoms with Gasteiger partial charge in [0, 0.05) is 32.2 Å². The number of nitrogens with zero attached hydrogens (tertiary/aromatic N) is 4. The fourth-order valence-electron chi connectivity index (χ4n) is 2.76. The van der Waals surface area contributed by atoms with Gasteiger partial charge in [-0.15, -0.1) is 0 Å². The zero-order valence-corrected chi connectivity index (χ0v) is 12.2. The van der Waals surface area contributed by atoms with Gasteiger partial charge in [0.2, 0.25) is 0 Å². The summed E-state index contributed by atoms with van der Waals surface area (Å²) in [5.41, 5.74) is 0.822. The molecule has 2 rings (SSSR count). The average molecular weight is 288 g/mol. The Morgan fingerprint density at radius 3 is 2.57 bits per heavy atom.